The monoisotopic (exact) mass is 185 g/mol. The molecule has 2 N–H and O–H groups in total. The summed E-state index contributed by atoms with van der Waals surface area (Å²) in [7, 11) is 0. The topological polar surface area (TPSA) is 53.6 Å². The molecular weight excluding hydrogens is 174 g/mol. The number of hydrogen-bond donors (Lipinski definition) is 2. The molecule has 0 aromatic carbocycles. The maximum absolute atomic E-state index is 11.2. The number of hydrogen-bond acceptors (Lipinski definition) is 2. The van der Waals surface area contributed by atoms with E-state index in [4.69, 9.17) is 12.2 Å². The van der Waals surface area contributed by atoms with Crippen molar-refractivity contribution >= 4 is 12.2 Å². The fraction of sp³-hybridized carbons (Fsp3) is 0.714. The fourth-order valence-electron chi connectivity index (χ4n) is 1.61. The molecule has 1 aliphatic rings. The van der Waals surface area contributed by atoms with E-state index in [-0.39, 0.29) is 5.69 Å². The minimum Gasteiger partial charge on any atom is -0.272 e. The first-order valence-electron chi connectivity index (χ1n) is 4.13. The van der Waals surface area contributed by atoms with Crippen LogP contribution in [0, 0.1) is 10.7 Å². The van der Waals surface area contributed by atoms with Crippen LogP contribution < -0.4 is 5.69 Å². The van der Waals surface area contributed by atoms with E-state index < -0.39 is 0 Å². The molecule has 0 saturated heterocycles. The van der Waals surface area contributed by atoms with Crippen molar-refractivity contribution in [2.45, 2.75) is 25.8 Å². The maximum Gasteiger partial charge on any atom is 0.342 e. The third kappa shape index (κ3) is 1.04. The van der Waals surface area contributed by atoms with E-state index in [1.54, 1.807) is 4.57 Å². The Morgan fingerprint density at radius 3 is 2.83 bits per heavy atom. The van der Waals surface area contributed by atoms with Crippen molar-refractivity contribution in [1.29, 1.82) is 0 Å². The second kappa shape index (κ2) is 2.58. The van der Waals surface area contributed by atoms with Crippen LogP contribution in [0.25, 0.3) is 0 Å². The van der Waals surface area contributed by atoms with Crippen molar-refractivity contribution in [3.8, 4) is 0 Å². The summed E-state index contributed by atoms with van der Waals surface area (Å²) in [4.78, 5) is 11.2. The summed E-state index contributed by atoms with van der Waals surface area (Å²) < 4.78 is 2.16. The van der Waals surface area contributed by atoms with Gasteiger partial charge in [0.15, 0.2) is 4.77 Å². The third-order valence-electron chi connectivity index (χ3n) is 2.46. The molecule has 2 unspecified atom stereocenters. The number of nitrogens with one attached hydrogen (secondary N) is 2. The van der Waals surface area contributed by atoms with E-state index in [0.717, 1.165) is 12.8 Å². The van der Waals surface area contributed by atoms with Crippen LogP contribution >= 0.6 is 12.2 Å². The second-order valence-electron chi connectivity index (χ2n) is 3.20. The van der Waals surface area contributed by atoms with Crippen molar-refractivity contribution in [3.05, 3.63) is 15.3 Å². The molecular formula is C7H11N3OS. The predicted octanol–water partition coefficient (Wildman–Crippen LogP) is 1.20. The molecule has 0 radical (unpaired) electrons. The molecule has 1 aromatic rings. The first-order valence-corrected chi connectivity index (χ1v) is 4.54. The number of H-pyrrole nitrogens is 2. The quantitative estimate of drug-likeness (QED) is 0.680. The average Bonchev–Trinajstić information content (AvgIpc) is 2.74. The zero-order chi connectivity index (χ0) is 8.72. The van der Waals surface area contributed by atoms with Crippen LogP contribution in [-0.2, 0) is 0 Å². The molecule has 0 spiro atoms. The van der Waals surface area contributed by atoms with Crippen molar-refractivity contribution < 1.29 is 0 Å². The molecule has 1 saturated carbocycles. The van der Waals surface area contributed by atoms with Gasteiger partial charge in [-0.3, -0.25) is 9.67 Å². The molecule has 1 fully saturated rings. The highest BCUT2D eigenvalue weighted by Gasteiger charge is 2.38. The zero-order valence-corrected chi connectivity index (χ0v) is 7.65. The minimum atomic E-state index is -0.110. The smallest absolute Gasteiger partial charge is 0.272 e. The van der Waals surface area contributed by atoms with Gasteiger partial charge in [0.1, 0.15) is 0 Å². The Morgan fingerprint density at radius 2 is 2.42 bits per heavy atom. The van der Waals surface area contributed by atoms with Gasteiger partial charge in [0, 0.05) is 6.04 Å². The lowest BCUT2D eigenvalue weighted by atomic mass is 10.3. The number of nitrogens with zero attached hydrogens (tertiary/aromatic N) is 1. The molecule has 4 nitrogen and oxygen atoms in total. The van der Waals surface area contributed by atoms with Gasteiger partial charge in [-0.2, -0.15) is 0 Å². The zero-order valence-electron chi connectivity index (χ0n) is 6.83. The normalized spacial score (nSPS) is 27.4. The molecule has 0 aliphatic heterocycles. The van der Waals surface area contributed by atoms with Crippen LogP contribution in [0.4, 0.5) is 0 Å². The Bertz CT molecular complexity index is 360. The Hall–Kier alpha value is -0.840. The Kier molecular flexibility index (Phi) is 1.68. The van der Waals surface area contributed by atoms with Crippen LogP contribution in [0.3, 0.4) is 0 Å². The summed E-state index contributed by atoms with van der Waals surface area (Å²) in [6.07, 6.45) is 2.21. The van der Waals surface area contributed by atoms with Gasteiger partial charge in [0.25, 0.3) is 0 Å². The molecule has 2 atom stereocenters. The SMILES string of the molecule is CCC1CC1n1c(=O)[nH][nH]c1=S. The lowest BCUT2D eigenvalue weighted by molar-refractivity contribution is 0.617. The summed E-state index contributed by atoms with van der Waals surface area (Å²) in [5.41, 5.74) is -0.110. The summed E-state index contributed by atoms with van der Waals surface area (Å²) >= 11 is 4.97. The van der Waals surface area contributed by atoms with Gasteiger partial charge < -0.3 is 0 Å². The van der Waals surface area contributed by atoms with Crippen molar-refractivity contribution in [2.75, 3.05) is 0 Å². The van der Waals surface area contributed by atoms with Gasteiger partial charge in [-0.25, -0.2) is 9.89 Å². The van der Waals surface area contributed by atoms with Gasteiger partial charge >= 0.3 is 5.69 Å². The van der Waals surface area contributed by atoms with Gasteiger partial charge in [-0.1, -0.05) is 13.3 Å². The molecule has 2 rings (SSSR count). The van der Waals surface area contributed by atoms with Crippen LogP contribution in [0.5, 0.6) is 0 Å². The highest BCUT2D eigenvalue weighted by atomic mass is 32.1. The number of aromatic amines is 2. The Morgan fingerprint density at radius 1 is 1.67 bits per heavy atom. The van der Waals surface area contributed by atoms with Crippen LogP contribution in [-0.4, -0.2) is 14.8 Å². The third-order valence-corrected chi connectivity index (χ3v) is 2.75. The standard InChI is InChI=1S/C7H11N3OS/c1-2-4-3-5(4)10-6(11)8-9-7(10)12/h4-5H,2-3H2,1H3,(H,8,11)(H,9,12). The second-order valence-corrected chi connectivity index (χ2v) is 3.59. The van der Waals surface area contributed by atoms with E-state index in [1.807, 2.05) is 0 Å². The summed E-state index contributed by atoms with van der Waals surface area (Å²) in [6, 6.07) is 0.345. The van der Waals surface area contributed by atoms with Gasteiger partial charge in [-0.05, 0) is 24.6 Å². The molecule has 0 amide bonds. The largest absolute Gasteiger partial charge is 0.342 e. The van der Waals surface area contributed by atoms with Crippen molar-refractivity contribution in [3.63, 3.8) is 0 Å². The molecule has 5 heteroatoms. The fourth-order valence-corrected chi connectivity index (χ4v) is 1.88. The molecule has 1 aromatic heterocycles. The first-order chi connectivity index (χ1) is 5.74. The van der Waals surface area contributed by atoms with Crippen LogP contribution in [0.1, 0.15) is 25.8 Å². The van der Waals surface area contributed by atoms with Crippen molar-refractivity contribution in [1.82, 2.24) is 14.8 Å². The van der Waals surface area contributed by atoms with Gasteiger partial charge in [0.05, 0.1) is 0 Å². The molecule has 12 heavy (non-hydrogen) atoms. The minimum absolute atomic E-state index is 0.110. The highest BCUT2D eigenvalue weighted by Crippen LogP contribution is 2.44. The van der Waals surface area contributed by atoms with E-state index in [0.29, 0.717) is 16.7 Å². The van der Waals surface area contributed by atoms with E-state index in [2.05, 4.69) is 17.1 Å². The number of rotatable bonds is 2. The summed E-state index contributed by atoms with van der Waals surface area (Å²) in [6.45, 7) is 2.13. The Balaban J connectivity index is 2.36. The van der Waals surface area contributed by atoms with Crippen LogP contribution in [0.15, 0.2) is 4.79 Å². The number of aromatic nitrogens is 3. The predicted molar refractivity (Wildman–Crippen MR) is 47.7 cm³/mol. The lowest BCUT2D eigenvalue weighted by Crippen LogP contribution is -2.16. The molecule has 0 bridgehead atoms. The average molecular weight is 185 g/mol. The van der Waals surface area contributed by atoms with Crippen molar-refractivity contribution in [2.24, 2.45) is 5.92 Å². The molecule has 66 valence electrons. The summed E-state index contributed by atoms with van der Waals surface area (Å²) in [5.74, 6) is 0.647. The summed E-state index contributed by atoms with van der Waals surface area (Å²) in [5, 5.41) is 5.12. The first kappa shape index (κ1) is 7.79. The van der Waals surface area contributed by atoms with Gasteiger partial charge in [-0.15, -0.1) is 0 Å². The maximum atomic E-state index is 11.2. The lowest BCUT2D eigenvalue weighted by Gasteiger charge is -1.95. The van der Waals surface area contributed by atoms with E-state index in [1.165, 1.54) is 0 Å². The van der Waals surface area contributed by atoms with E-state index in [9.17, 15) is 4.79 Å². The Labute approximate surface area is 74.6 Å². The highest BCUT2D eigenvalue weighted by molar-refractivity contribution is 7.71. The van der Waals surface area contributed by atoms with E-state index >= 15 is 0 Å². The van der Waals surface area contributed by atoms with Crippen LogP contribution in [0.2, 0.25) is 0 Å². The molecule has 1 aliphatic carbocycles. The molecule has 1 heterocycles. The van der Waals surface area contributed by atoms with Gasteiger partial charge in [0.2, 0.25) is 0 Å².